The van der Waals surface area contributed by atoms with Crippen molar-refractivity contribution in [2.75, 3.05) is 0 Å². The van der Waals surface area contributed by atoms with Gasteiger partial charge in [-0.25, -0.2) is 0 Å². The Hall–Kier alpha value is -5.46. The van der Waals surface area contributed by atoms with E-state index in [9.17, 15) is 0 Å². The molecular formula is C43H28. The molecule has 0 heteroatoms. The van der Waals surface area contributed by atoms with E-state index < -0.39 is 5.41 Å². The molecule has 0 radical (unpaired) electrons. The van der Waals surface area contributed by atoms with E-state index in [4.69, 9.17) is 0 Å². The molecule has 200 valence electrons. The van der Waals surface area contributed by atoms with E-state index in [1.54, 1.807) is 0 Å². The predicted octanol–water partition coefficient (Wildman–Crippen LogP) is 11.2. The molecule has 0 aliphatic heterocycles. The van der Waals surface area contributed by atoms with Gasteiger partial charge in [-0.1, -0.05) is 152 Å². The average Bonchev–Trinajstić information content (AvgIpc) is 3.39. The van der Waals surface area contributed by atoms with Gasteiger partial charge in [-0.3, -0.25) is 0 Å². The molecule has 8 aromatic rings. The lowest BCUT2D eigenvalue weighted by Gasteiger charge is -2.35. The molecular weight excluding hydrogens is 516 g/mol. The summed E-state index contributed by atoms with van der Waals surface area (Å²) in [6.45, 7) is 0. The van der Waals surface area contributed by atoms with Crippen molar-refractivity contribution in [2.45, 2.75) is 5.41 Å². The topological polar surface area (TPSA) is 0 Å². The molecule has 0 amide bonds. The summed E-state index contributed by atoms with van der Waals surface area (Å²) in [4.78, 5) is 0. The Kier molecular flexibility index (Phi) is 5.21. The first-order valence-corrected chi connectivity index (χ1v) is 15.0. The monoisotopic (exact) mass is 544 g/mol. The van der Waals surface area contributed by atoms with Crippen molar-refractivity contribution in [3.63, 3.8) is 0 Å². The number of benzene rings is 8. The minimum atomic E-state index is -0.493. The summed E-state index contributed by atoms with van der Waals surface area (Å²) in [7, 11) is 0. The highest BCUT2D eigenvalue weighted by Crippen LogP contribution is 2.59. The highest BCUT2D eigenvalue weighted by molar-refractivity contribution is 6.10. The summed E-state index contributed by atoms with van der Waals surface area (Å²) in [5, 5.41) is 7.62. The first-order chi connectivity index (χ1) is 21.3. The van der Waals surface area contributed by atoms with E-state index >= 15 is 0 Å². The average molecular weight is 545 g/mol. The van der Waals surface area contributed by atoms with E-state index in [-0.39, 0.29) is 0 Å². The van der Waals surface area contributed by atoms with E-state index in [0.717, 1.165) is 0 Å². The van der Waals surface area contributed by atoms with Gasteiger partial charge in [0.05, 0.1) is 5.41 Å². The molecule has 8 aromatic carbocycles. The first kappa shape index (κ1) is 24.2. The van der Waals surface area contributed by atoms with Gasteiger partial charge in [-0.2, -0.15) is 0 Å². The molecule has 0 atom stereocenters. The molecule has 1 aliphatic carbocycles. The molecule has 0 heterocycles. The summed E-state index contributed by atoms with van der Waals surface area (Å²) >= 11 is 0. The Labute approximate surface area is 251 Å². The fourth-order valence-electron chi connectivity index (χ4n) is 7.62. The van der Waals surface area contributed by atoms with Crippen LogP contribution < -0.4 is 0 Å². The fraction of sp³-hybridized carbons (Fsp3) is 0.0233. The molecule has 1 aliphatic rings. The molecule has 0 aromatic heterocycles. The number of rotatable bonds is 3. The van der Waals surface area contributed by atoms with Crippen LogP contribution in [-0.4, -0.2) is 0 Å². The standard InChI is InChI=1S/C43H28/c1-2-14-31(15-3-1)39-28-41-42(37-19-9-8-18-36(37)39)38-20-10-11-21-40(38)43(41,34-24-22-29-12-4-6-16-32(29)26-34)35-25-23-30-13-5-7-17-33(30)27-35/h1-28H. The van der Waals surface area contributed by atoms with Crippen LogP contribution >= 0.6 is 0 Å². The minimum absolute atomic E-state index is 0.493. The van der Waals surface area contributed by atoms with Crippen LogP contribution in [0.5, 0.6) is 0 Å². The van der Waals surface area contributed by atoms with Crippen molar-refractivity contribution in [1.82, 2.24) is 0 Å². The maximum Gasteiger partial charge on any atom is 0.0714 e. The largest absolute Gasteiger partial charge is 0.0714 e. The second-order valence-corrected chi connectivity index (χ2v) is 11.7. The Balaban J connectivity index is 1.50. The lowest BCUT2D eigenvalue weighted by atomic mass is 9.66. The van der Waals surface area contributed by atoms with Crippen molar-refractivity contribution in [3.8, 4) is 22.3 Å². The van der Waals surface area contributed by atoms with Gasteiger partial charge in [0.2, 0.25) is 0 Å². The molecule has 0 nitrogen and oxygen atoms in total. The van der Waals surface area contributed by atoms with E-state index in [1.807, 2.05) is 0 Å². The van der Waals surface area contributed by atoms with E-state index in [0.29, 0.717) is 0 Å². The second kappa shape index (κ2) is 9.28. The SMILES string of the molecule is c1ccc(-c2cc3c(c4ccccc24)-c2ccccc2C3(c2ccc3ccccc3c2)c2ccc3ccccc3c2)cc1. The fourth-order valence-corrected chi connectivity index (χ4v) is 7.62. The van der Waals surface area contributed by atoms with Crippen molar-refractivity contribution in [3.05, 3.63) is 192 Å². The van der Waals surface area contributed by atoms with Crippen LogP contribution in [0.4, 0.5) is 0 Å². The molecule has 0 saturated heterocycles. The third kappa shape index (κ3) is 3.44. The van der Waals surface area contributed by atoms with Gasteiger partial charge >= 0.3 is 0 Å². The van der Waals surface area contributed by atoms with Crippen LogP contribution in [0.15, 0.2) is 170 Å². The Morgan fingerprint density at radius 3 is 1.53 bits per heavy atom. The van der Waals surface area contributed by atoms with Crippen LogP contribution in [0, 0.1) is 0 Å². The van der Waals surface area contributed by atoms with Gasteiger partial charge in [0, 0.05) is 0 Å². The zero-order valence-electron chi connectivity index (χ0n) is 23.7. The maximum absolute atomic E-state index is 2.50. The quantitative estimate of drug-likeness (QED) is 0.207. The predicted molar refractivity (Wildman–Crippen MR) is 182 cm³/mol. The van der Waals surface area contributed by atoms with Gasteiger partial charge in [-0.15, -0.1) is 0 Å². The summed E-state index contributed by atoms with van der Waals surface area (Å²) in [6, 6.07) is 63.0. The first-order valence-electron chi connectivity index (χ1n) is 15.0. The lowest BCUT2D eigenvalue weighted by Crippen LogP contribution is -2.28. The molecule has 9 rings (SSSR count). The van der Waals surface area contributed by atoms with E-state index in [1.165, 1.54) is 76.8 Å². The zero-order valence-corrected chi connectivity index (χ0v) is 23.7. The smallest absolute Gasteiger partial charge is 0.0622 e. The molecule has 0 N–H and O–H groups in total. The van der Waals surface area contributed by atoms with Crippen LogP contribution in [-0.2, 0) is 5.41 Å². The zero-order chi connectivity index (χ0) is 28.4. The Morgan fingerprint density at radius 2 is 0.860 bits per heavy atom. The normalized spacial score (nSPS) is 13.3. The Morgan fingerprint density at radius 1 is 0.326 bits per heavy atom. The molecule has 0 saturated carbocycles. The maximum atomic E-state index is 2.50. The molecule has 0 fully saturated rings. The van der Waals surface area contributed by atoms with Gasteiger partial charge in [0.25, 0.3) is 0 Å². The summed E-state index contributed by atoms with van der Waals surface area (Å²) in [6.07, 6.45) is 0. The highest BCUT2D eigenvalue weighted by atomic mass is 14.5. The summed E-state index contributed by atoms with van der Waals surface area (Å²) in [5.74, 6) is 0. The third-order valence-corrected chi connectivity index (χ3v) is 9.50. The molecule has 0 bridgehead atoms. The van der Waals surface area contributed by atoms with Crippen molar-refractivity contribution < 1.29 is 0 Å². The van der Waals surface area contributed by atoms with Crippen LogP contribution in [0.25, 0.3) is 54.6 Å². The van der Waals surface area contributed by atoms with Crippen molar-refractivity contribution >= 4 is 32.3 Å². The Bertz CT molecular complexity index is 2260. The summed E-state index contributed by atoms with van der Waals surface area (Å²) < 4.78 is 0. The van der Waals surface area contributed by atoms with Gasteiger partial charge in [0.1, 0.15) is 0 Å². The number of fused-ring (bicyclic) bond motifs is 7. The van der Waals surface area contributed by atoms with Crippen LogP contribution in [0.2, 0.25) is 0 Å². The van der Waals surface area contributed by atoms with Gasteiger partial charge < -0.3 is 0 Å². The second-order valence-electron chi connectivity index (χ2n) is 11.7. The number of hydrogen-bond acceptors (Lipinski definition) is 0. The van der Waals surface area contributed by atoms with Crippen molar-refractivity contribution in [1.29, 1.82) is 0 Å². The molecule has 0 unspecified atom stereocenters. The molecule has 43 heavy (non-hydrogen) atoms. The lowest BCUT2D eigenvalue weighted by molar-refractivity contribution is 0.772. The van der Waals surface area contributed by atoms with Crippen LogP contribution in [0.3, 0.4) is 0 Å². The van der Waals surface area contributed by atoms with Gasteiger partial charge in [-0.05, 0) is 95.0 Å². The van der Waals surface area contributed by atoms with E-state index in [2.05, 4.69) is 170 Å². The number of hydrogen-bond donors (Lipinski definition) is 0. The summed E-state index contributed by atoms with van der Waals surface area (Å²) in [5.41, 5.74) is 9.94. The van der Waals surface area contributed by atoms with Crippen molar-refractivity contribution in [2.24, 2.45) is 0 Å². The third-order valence-electron chi connectivity index (χ3n) is 9.50. The highest BCUT2D eigenvalue weighted by Gasteiger charge is 2.47. The molecule has 0 spiro atoms. The minimum Gasteiger partial charge on any atom is -0.0622 e. The van der Waals surface area contributed by atoms with Gasteiger partial charge in [0.15, 0.2) is 0 Å². The van der Waals surface area contributed by atoms with Crippen LogP contribution in [0.1, 0.15) is 22.3 Å².